The zero-order chi connectivity index (χ0) is 14.0. The lowest BCUT2D eigenvalue weighted by Crippen LogP contribution is -2.41. The Morgan fingerprint density at radius 1 is 1.28 bits per heavy atom. The number of hydrogen-bond acceptors (Lipinski definition) is 3. The molecule has 0 aromatic heterocycles. The molecule has 1 aromatic rings. The zero-order valence-corrected chi connectivity index (χ0v) is 9.78. The zero-order valence-electron chi connectivity index (χ0n) is 8.96. The van der Waals surface area contributed by atoms with Gasteiger partial charge in [0, 0.05) is 0 Å². The third-order valence-electron chi connectivity index (χ3n) is 2.00. The van der Waals surface area contributed by atoms with Gasteiger partial charge in [0.1, 0.15) is 16.5 Å². The molecule has 0 spiro atoms. The fourth-order valence-corrected chi connectivity index (χ4v) is 2.18. The lowest BCUT2D eigenvalue weighted by atomic mass is 10.3. The van der Waals surface area contributed by atoms with Crippen molar-refractivity contribution in [3.8, 4) is 0 Å². The van der Waals surface area contributed by atoms with Gasteiger partial charge in [0.2, 0.25) is 10.0 Å². The number of benzene rings is 1. The summed E-state index contributed by atoms with van der Waals surface area (Å²) in [6.07, 6.45) is 0. The first-order chi connectivity index (χ1) is 8.18. The predicted molar refractivity (Wildman–Crippen MR) is 55.5 cm³/mol. The Balaban J connectivity index is 2.97. The molecule has 0 fully saturated rings. The van der Waals surface area contributed by atoms with Crippen molar-refractivity contribution in [2.45, 2.75) is 10.8 Å². The third kappa shape index (κ3) is 3.65. The number of halogens is 4. The summed E-state index contributed by atoms with van der Waals surface area (Å²) in [7, 11) is -4.56. The minimum atomic E-state index is -4.56. The van der Waals surface area contributed by atoms with Crippen molar-refractivity contribution < 1.29 is 26.0 Å². The smallest absolute Gasteiger partial charge is 0.273 e. The number of alkyl halides is 2. The van der Waals surface area contributed by atoms with Gasteiger partial charge in [-0.15, -0.1) is 0 Å². The molecule has 0 unspecified atom stereocenters. The highest BCUT2D eigenvalue weighted by atomic mass is 32.2. The van der Waals surface area contributed by atoms with Crippen LogP contribution < -0.4 is 10.5 Å². The molecule has 0 aliphatic carbocycles. The minimum Gasteiger partial charge on any atom is -0.325 e. The largest absolute Gasteiger partial charge is 0.325 e. The number of nitrogens with two attached hydrogens (primary N) is 1. The van der Waals surface area contributed by atoms with Crippen LogP contribution in [0.1, 0.15) is 0 Å². The first-order valence-corrected chi connectivity index (χ1v) is 6.19. The minimum absolute atomic E-state index is 0.401. The molecule has 3 N–H and O–H groups in total. The van der Waals surface area contributed by atoms with Crippen LogP contribution >= 0.6 is 0 Å². The van der Waals surface area contributed by atoms with E-state index in [1.54, 1.807) is 0 Å². The highest BCUT2D eigenvalue weighted by Gasteiger charge is 2.30. The van der Waals surface area contributed by atoms with E-state index in [1.165, 1.54) is 4.72 Å². The highest BCUT2D eigenvalue weighted by molar-refractivity contribution is 7.89. The summed E-state index contributed by atoms with van der Waals surface area (Å²) in [4.78, 5) is -1.03. The Labute approximate surface area is 101 Å². The Bertz CT molecular complexity index is 533. The fraction of sp³-hybridized carbons (Fsp3) is 0.333. The maximum atomic E-state index is 13.2. The molecule has 0 bridgehead atoms. The summed E-state index contributed by atoms with van der Waals surface area (Å²) in [6, 6.07) is 1.70. The SMILES string of the molecule is NCC(F)(F)CNS(=O)(=O)c1cc(F)ccc1F. The molecule has 0 radical (unpaired) electrons. The summed E-state index contributed by atoms with van der Waals surface area (Å²) in [5, 5.41) is 0. The maximum Gasteiger partial charge on any atom is 0.273 e. The van der Waals surface area contributed by atoms with Crippen LogP contribution in [0.3, 0.4) is 0 Å². The number of rotatable bonds is 5. The highest BCUT2D eigenvalue weighted by Crippen LogP contribution is 2.17. The van der Waals surface area contributed by atoms with Crippen LogP contribution in [0.5, 0.6) is 0 Å². The molecule has 102 valence electrons. The van der Waals surface area contributed by atoms with Gasteiger partial charge in [-0.2, -0.15) is 0 Å². The Morgan fingerprint density at radius 3 is 2.44 bits per heavy atom. The van der Waals surface area contributed by atoms with Crippen molar-refractivity contribution >= 4 is 10.0 Å². The Morgan fingerprint density at radius 2 is 1.89 bits per heavy atom. The molecule has 1 rings (SSSR count). The van der Waals surface area contributed by atoms with Crippen LogP contribution in [-0.4, -0.2) is 27.4 Å². The van der Waals surface area contributed by atoms with E-state index in [0.717, 1.165) is 0 Å². The molecule has 0 aliphatic heterocycles. The van der Waals surface area contributed by atoms with E-state index in [1.807, 2.05) is 0 Å². The molecule has 0 heterocycles. The van der Waals surface area contributed by atoms with Crippen molar-refractivity contribution in [1.82, 2.24) is 4.72 Å². The van der Waals surface area contributed by atoms with Gasteiger partial charge in [0.15, 0.2) is 0 Å². The second-order valence-corrected chi connectivity index (χ2v) is 5.19. The fourth-order valence-electron chi connectivity index (χ4n) is 1.03. The average Bonchev–Trinajstić information content (AvgIpc) is 2.30. The van der Waals surface area contributed by atoms with Gasteiger partial charge in [0.25, 0.3) is 5.92 Å². The molecule has 0 aliphatic rings. The van der Waals surface area contributed by atoms with Gasteiger partial charge in [-0.3, -0.25) is 0 Å². The van der Waals surface area contributed by atoms with Crippen molar-refractivity contribution in [3.63, 3.8) is 0 Å². The molecule has 1 aromatic carbocycles. The molecular weight excluding hydrogens is 276 g/mol. The van der Waals surface area contributed by atoms with Crippen LogP contribution in [0.2, 0.25) is 0 Å². The van der Waals surface area contributed by atoms with Crippen molar-refractivity contribution in [3.05, 3.63) is 29.8 Å². The van der Waals surface area contributed by atoms with Crippen molar-refractivity contribution in [2.75, 3.05) is 13.1 Å². The van der Waals surface area contributed by atoms with Crippen molar-refractivity contribution in [2.24, 2.45) is 5.73 Å². The number of sulfonamides is 1. The maximum absolute atomic E-state index is 13.2. The summed E-state index contributed by atoms with van der Waals surface area (Å²) in [5.41, 5.74) is 4.71. The van der Waals surface area contributed by atoms with Gasteiger partial charge in [-0.05, 0) is 18.2 Å². The van der Waals surface area contributed by atoms with Gasteiger partial charge in [0.05, 0.1) is 13.1 Å². The monoisotopic (exact) mass is 286 g/mol. The quantitative estimate of drug-likeness (QED) is 0.788. The predicted octanol–water partition coefficient (Wildman–Crippen LogP) is 0.837. The van der Waals surface area contributed by atoms with Crippen LogP contribution in [0.25, 0.3) is 0 Å². The average molecular weight is 286 g/mol. The molecule has 0 saturated carbocycles. The van der Waals surface area contributed by atoms with E-state index >= 15 is 0 Å². The van der Waals surface area contributed by atoms with Crippen LogP contribution in [0, 0.1) is 11.6 Å². The van der Waals surface area contributed by atoms with Crippen molar-refractivity contribution in [1.29, 1.82) is 0 Å². The second-order valence-electron chi connectivity index (χ2n) is 3.46. The molecule has 4 nitrogen and oxygen atoms in total. The lowest BCUT2D eigenvalue weighted by Gasteiger charge is -2.15. The summed E-state index contributed by atoms with van der Waals surface area (Å²) < 4.78 is 75.9. The van der Waals surface area contributed by atoms with Crippen LogP contribution in [0.4, 0.5) is 17.6 Å². The number of hydrogen-bond donors (Lipinski definition) is 2. The van der Waals surface area contributed by atoms with E-state index in [0.29, 0.717) is 18.2 Å². The van der Waals surface area contributed by atoms with E-state index in [4.69, 9.17) is 5.73 Å². The molecule has 0 saturated heterocycles. The topological polar surface area (TPSA) is 72.2 Å². The van der Waals surface area contributed by atoms with Crippen LogP contribution in [-0.2, 0) is 10.0 Å². The standard InChI is InChI=1S/C9H10F4N2O2S/c10-6-1-2-7(11)8(3-6)18(16,17)15-5-9(12,13)4-14/h1-3,15H,4-5,14H2. The molecule has 18 heavy (non-hydrogen) atoms. The first-order valence-electron chi connectivity index (χ1n) is 4.70. The number of nitrogens with one attached hydrogen (secondary N) is 1. The van der Waals surface area contributed by atoms with Gasteiger partial charge >= 0.3 is 0 Å². The lowest BCUT2D eigenvalue weighted by molar-refractivity contribution is 0.0170. The van der Waals surface area contributed by atoms with Gasteiger partial charge in [-0.25, -0.2) is 30.7 Å². The van der Waals surface area contributed by atoms with E-state index in [-0.39, 0.29) is 0 Å². The molecule has 0 atom stereocenters. The van der Waals surface area contributed by atoms with E-state index in [9.17, 15) is 26.0 Å². The van der Waals surface area contributed by atoms with Gasteiger partial charge in [-0.1, -0.05) is 0 Å². The summed E-state index contributed by atoms with van der Waals surface area (Å²) in [6.45, 7) is -2.36. The Hall–Kier alpha value is -1.19. The van der Waals surface area contributed by atoms with Gasteiger partial charge < -0.3 is 5.73 Å². The normalized spacial score (nSPS) is 12.7. The van der Waals surface area contributed by atoms with Crippen LogP contribution in [0.15, 0.2) is 23.1 Å². The molecule has 0 amide bonds. The van der Waals surface area contributed by atoms with E-state index in [2.05, 4.69) is 0 Å². The Kier molecular flexibility index (Phi) is 4.30. The van der Waals surface area contributed by atoms with E-state index < -0.39 is 45.6 Å². The third-order valence-corrected chi connectivity index (χ3v) is 3.42. The molecule has 9 heteroatoms. The summed E-state index contributed by atoms with van der Waals surface area (Å²) in [5.74, 6) is -5.70. The summed E-state index contributed by atoms with van der Waals surface area (Å²) >= 11 is 0. The first kappa shape index (κ1) is 14.9. The molecular formula is C9H10F4N2O2S. The second kappa shape index (κ2) is 5.21.